The maximum Gasteiger partial charge on any atom is 0.282 e. The Hall–Kier alpha value is -0.950. The van der Waals surface area contributed by atoms with Crippen molar-refractivity contribution < 1.29 is 8.42 Å². The van der Waals surface area contributed by atoms with Crippen molar-refractivity contribution in [2.45, 2.75) is 50.1 Å². The Morgan fingerprint density at radius 1 is 1.29 bits per heavy atom. The normalized spacial score (nSPS) is 18.4. The molecular weight excluding hydrogens is 240 g/mol. The van der Waals surface area contributed by atoms with Crippen LogP contribution in [0.4, 0.5) is 0 Å². The lowest BCUT2D eigenvalue weighted by Crippen LogP contribution is -2.14. The standard InChI is InChI=1S/C10H18N4O2S/c11-17(15,16)10-12-9(13-14-10)7-6-8-4-2-1-3-5-8/h8H,1-7H2,(H2,11,15,16)(H,12,13,14). The number of aryl methyl sites for hydroxylation is 1. The third kappa shape index (κ3) is 3.50. The highest BCUT2D eigenvalue weighted by Gasteiger charge is 2.17. The fourth-order valence-electron chi connectivity index (χ4n) is 2.33. The summed E-state index contributed by atoms with van der Waals surface area (Å²) in [5.74, 6) is 1.35. The summed E-state index contributed by atoms with van der Waals surface area (Å²) in [5.41, 5.74) is 0. The summed E-state index contributed by atoms with van der Waals surface area (Å²) in [5, 5.41) is 10.9. The third-order valence-corrected chi connectivity index (χ3v) is 3.97. The SMILES string of the molecule is NS(=O)(=O)c1n[nH]c(CCC2CCCCC2)n1. The highest BCUT2D eigenvalue weighted by molar-refractivity contribution is 7.89. The summed E-state index contributed by atoms with van der Waals surface area (Å²) >= 11 is 0. The number of nitrogens with zero attached hydrogens (tertiary/aromatic N) is 2. The molecule has 3 N–H and O–H groups in total. The molecule has 1 aliphatic carbocycles. The van der Waals surface area contributed by atoms with Gasteiger partial charge in [-0.25, -0.2) is 18.5 Å². The summed E-state index contributed by atoms with van der Waals surface area (Å²) in [4.78, 5) is 3.89. The van der Waals surface area contributed by atoms with Crippen molar-refractivity contribution in [3.63, 3.8) is 0 Å². The van der Waals surface area contributed by atoms with Crippen LogP contribution in [-0.4, -0.2) is 23.6 Å². The van der Waals surface area contributed by atoms with Gasteiger partial charge in [-0.05, 0) is 12.3 Å². The van der Waals surface area contributed by atoms with Crippen LogP contribution in [0.15, 0.2) is 5.16 Å². The lowest BCUT2D eigenvalue weighted by atomic mass is 9.86. The number of aromatic nitrogens is 3. The smallest absolute Gasteiger partial charge is 0.262 e. The molecule has 17 heavy (non-hydrogen) atoms. The molecule has 0 saturated heterocycles. The zero-order chi connectivity index (χ0) is 12.3. The maximum absolute atomic E-state index is 11.0. The van der Waals surface area contributed by atoms with Crippen LogP contribution in [0.2, 0.25) is 0 Å². The minimum Gasteiger partial charge on any atom is -0.262 e. The average molecular weight is 258 g/mol. The van der Waals surface area contributed by atoms with Gasteiger partial charge in [0.25, 0.3) is 15.2 Å². The molecular formula is C10H18N4O2S. The second-order valence-electron chi connectivity index (χ2n) is 4.65. The topological polar surface area (TPSA) is 102 Å². The molecule has 0 aromatic carbocycles. The van der Waals surface area contributed by atoms with Gasteiger partial charge >= 0.3 is 0 Å². The van der Waals surface area contributed by atoms with E-state index < -0.39 is 10.0 Å². The molecule has 0 atom stereocenters. The lowest BCUT2D eigenvalue weighted by Gasteiger charge is -2.20. The minimum absolute atomic E-state index is 0.309. The number of hydrogen-bond donors (Lipinski definition) is 2. The average Bonchev–Trinajstić information content (AvgIpc) is 2.76. The second-order valence-corrected chi connectivity index (χ2v) is 6.11. The van der Waals surface area contributed by atoms with Gasteiger partial charge in [0.15, 0.2) is 0 Å². The molecule has 1 fully saturated rings. The van der Waals surface area contributed by atoms with Crippen LogP contribution < -0.4 is 5.14 Å². The van der Waals surface area contributed by atoms with E-state index in [0.717, 1.165) is 18.8 Å². The molecule has 0 aliphatic heterocycles. The van der Waals surface area contributed by atoms with Crippen molar-refractivity contribution in [3.8, 4) is 0 Å². The van der Waals surface area contributed by atoms with Crippen molar-refractivity contribution >= 4 is 10.0 Å². The Bertz CT molecular complexity index is 462. The highest BCUT2D eigenvalue weighted by atomic mass is 32.2. The van der Waals surface area contributed by atoms with Crippen molar-refractivity contribution in [1.29, 1.82) is 0 Å². The van der Waals surface area contributed by atoms with Gasteiger partial charge in [-0.1, -0.05) is 32.1 Å². The Morgan fingerprint density at radius 2 is 2.00 bits per heavy atom. The number of nitrogens with one attached hydrogen (secondary N) is 1. The zero-order valence-corrected chi connectivity index (χ0v) is 10.5. The molecule has 96 valence electrons. The van der Waals surface area contributed by atoms with Crippen molar-refractivity contribution in [3.05, 3.63) is 5.82 Å². The van der Waals surface area contributed by atoms with E-state index in [4.69, 9.17) is 5.14 Å². The largest absolute Gasteiger partial charge is 0.282 e. The molecule has 2 rings (SSSR count). The van der Waals surface area contributed by atoms with E-state index >= 15 is 0 Å². The molecule has 1 heterocycles. The summed E-state index contributed by atoms with van der Waals surface area (Å²) in [6.07, 6.45) is 8.29. The van der Waals surface area contributed by atoms with Crippen LogP contribution in [0.3, 0.4) is 0 Å². The Labute approximate surface area is 101 Å². The van der Waals surface area contributed by atoms with Gasteiger partial charge < -0.3 is 0 Å². The van der Waals surface area contributed by atoms with E-state index in [-0.39, 0.29) is 5.16 Å². The molecule has 1 saturated carbocycles. The quantitative estimate of drug-likeness (QED) is 0.839. The first-order valence-corrected chi connectivity index (χ1v) is 7.54. The van der Waals surface area contributed by atoms with E-state index in [1.165, 1.54) is 32.1 Å². The highest BCUT2D eigenvalue weighted by Crippen LogP contribution is 2.27. The molecule has 1 aromatic rings. The number of H-pyrrole nitrogens is 1. The van der Waals surface area contributed by atoms with Crippen LogP contribution in [-0.2, 0) is 16.4 Å². The van der Waals surface area contributed by atoms with Gasteiger partial charge in [0.1, 0.15) is 5.82 Å². The Morgan fingerprint density at radius 3 is 2.59 bits per heavy atom. The van der Waals surface area contributed by atoms with Crippen LogP contribution in [0.5, 0.6) is 0 Å². The van der Waals surface area contributed by atoms with Gasteiger partial charge in [0, 0.05) is 6.42 Å². The summed E-state index contributed by atoms with van der Waals surface area (Å²) < 4.78 is 22.0. The zero-order valence-electron chi connectivity index (χ0n) is 9.72. The molecule has 6 nitrogen and oxygen atoms in total. The number of aromatic amines is 1. The number of sulfonamides is 1. The van der Waals surface area contributed by atoms with E-state index in [1.54, 1.807) is 0 Å². The first-order chi connectivity index (χ1) is 8.05. The van der Waals surface area contributed by atoms with E-state index in [9.17, 15) is 8.42 Å². The first-order valence-electron chi connectivity index (χ1n) is 6.00. The fourth-order valence-corrected chi connectivity index (χ4v) is 2.74. The van der Waals surface area contributed by atoms with Gasteiger partial charge in [-0.2, -0.15) is 0 Å². The second kappa shape index (κ2) is 5.14. The first kappa shape index (κ1) is 12.5. The van der Waals surface area contributed by atoms with Gasteiger partial charge in [-0.15, -0.1) is 5.10 Å². The summed E-state index contributed by atoms with van der Waals surface area (Å²) in [6, 6.07) is 0. The fraction of sp³-hybridized carbons (Fsp3) is 0.800. The van der Waals surface area contributed by atoms with Crippen LogP contribution in [0.25, 0.3) is 0 Å². The van der Waals surface area contributed by atoms with E-state index in [0.29, 0.717) is 5.82 Å². The minimum atomic E-state index is -3.78. The van der Waals surface area contributed by atoms with Gasteiger partial charge in [0.05, 0.1) is 0 Å². The molecule has 0 unspecified atom stereocenters. The third-order valence-electron chi connectivity index (χ3n) is 3.28. The monoisotopic (exact) mass is 258 g/mol. The van der Waals surface area contributed by atoms with Gasteiger partial charge in [0.2, 0.25) is 0 Å². The summed E-state index contributed by atoms with van der Waals surface area (Å²) in [6.45, 7) is 0. The summed E-state index contributed by atoms with van der Waals surface area (Å²) in [7, 11) is -3.78. The van der Waals surface area contributed by atoms with Gasteiger partial charge in [-0.3, -0.25) is 5.10 Å². The van der Waals surface area contributed by atoms with E-state index in [1.807, 2.05) is 0 Å². The Balaban J connectivity index is 1.89. The molecule has 0 bridgehead atoms. The molecule has 1 aromatic heterocycles. The van der Waals surface area contributed by atoms with Crippen molar-refractivity contribution in [1.82, 2.24) is 15.2 Å². The van der Waals surface area contributed by atoms with Crippen LogP contribution in [0, 0.1) is 5.92 Å². The number of hydrogen-bond acceptors (Lipinski definition) is 4. The molecule has 7 heteroatoms. The Kier molecular flexibility index (Phi) is 3.78. The van der Waals surface area contributed by atoms with Crippen molar-refractivity contribution in [2.24, 2.45) is 11.1 Å². The lowest BCUT2D eigenvalue weighted by molar-refractivity contribution is 0.337. The predicted octanol–water partition coefficient (Wildman–Crippen LogP) is 0.965. The molecule has 0 radical (unpaired) electrons. The number of rotatable bonds is 4. The predicted molar refractivity (Wildman–Crippen MR) is 62.7 cm³/mol. The number of nitrogens with two attached hydrogens (primary N) is 1. The van der Waals surface area contributed by atoms with E-state index in [2.05, 4.69) is 15.2 Å². The molecule has 0 amide bonds. The van der Waals surface area contributed by atoms with Crippen LogP contribution in [0.1, 0.15) is 44.3 Å². The maximum atomic E-state index is 11.0. The molecule has 1 aliphatic rings. The number of primary sulfonamides is 1. The van der Waals surface area contributed by atoms with Crippen molar-refractivity contribution in [2.75, 3.05) is 0 Å². The molecule has 0 spiro atoms. The van der Waals surface area contributed by atoms with Crippen LogP contribution >= 0.6 is 0 Å².